The molecule has 0 bridgehead atoms. The number of para-hydroxylation sites is 1. The number of unbranched alkanes of at least 4 members (excludes halogenated alkanes) is 1. The van der Waals surface area contributed by atoms with Crippen molar-refractivity contribution < 1.29 is 18.0 Å². The highest BCUT2D eigenvalue weighted by Gasteiger charge is 2.30. The molecule has 0 radical (unpaired) electrons. The molecular formula is C23H29Cl2N3O4S. The third-order valence-corrected chi connectivity index (χ3v) is 6.80. The topological polar surface area (TPSA) is 86.8 Å². The molecule has 0 heterocycles. The lowest BCUT2D eigenvalue weighted by Gasteiger charge is -2.31. The molecule has 1 N–H and O–H groups in total. The van der Waals surface area contributed by atoms with Gasteiger partial charge in [0.25, 0.3) is 0 Å². The molecule has 2 rings (SSSR count). The average molecular weight is 514 g/mol. The van der Waals surface area contributed by atoms with Gasteiger partial charge in [0.05, 0.1) is 11.9 Å². The number of halogens is 2. The maximum absolute atomic E-state index is 13.4. The molecule has 0 fully saturated rings. The number of nitrogens with one attached hydrogen (secondary N) is 1. The third kappa shape index (κ3) is 7.91. The number of hydrogen-bond acceptors (Lipinski definition) is 4. The molecule has 0 spiro atoms. The number of hydrogen-bond donors (Lipinski definition) is 1. The minimum absolute atomic E-state index is 0.0175. The zero-order valence-electron chi connectivity index (χ0n) is 18.9. The first-order chi connectivity index (χ1) is 15.5. The summed E-state index contributed by atoms with van der Waals surface area (Å²) in [5.74, 6) is -0.860. The highest BCUT2D eigenvalue weighted by molar-refractivity contribution is 7.92. The van der Waals surface area contributed by atoms with Gasteiger partial charge in [-0.05, 0) is 43.2 Å². The molecule has 2 aromatic rings. The van der Waals surface area contributed by atoms with Crippen molar-refractivity contribution >= 4 is 50.7 Å². The number of rotatable bonds is 11. The van der Waals surface area contributed by atoms with Crippen molar-refractivity contribution in [3.63, 3.8) is 0 Å². The van der Waals surface area contributed by atoms with Crippen LogP contribution >= 0.6 is 23.2 Å². The predicted octanol–water partition coefficient (Wildman–Crippen LogP) is 4.09. The first kappa shape index (κ1) is 27.0. The normalized spacial score (nSPS) is 12.2. The van der Waals surface area contributed by atoms with Gasteiger partial charge >= 0.3 is 0 Å². The van der Waals surface area contributed by atoms with Crippen LogP contribution in [0, 0.1) is 0 Å². The van der Waals surface area contributed by atoms with E-state index in [0.717, 1.165) is 23.4 Å². The first-order valence-electron chi connectivity index (χ1n) is 10.6. The molecule has 0 saturated carbocycles. The minimum Gasteiger partial charge on any atom is -0.354 e. The number of sulfonamides is 1. The maximum atomic E-state index is 13.4. The van der Waals surface area contributed by atoms with E-state index in [-0.39, 0.29) is 12.5 Å². The van der Waals surface area contributed by atoms with E-state index in [1.165, 1.54) is 4.90 Å². The quantitative estimate of drug-likeness (QED) is 0.458. The van der Waals surface area contributed by atoms with Crippen LogP contribution in [-0.4, -0.2) is 50.5 Å². The molecule has 7 nitrogen and oxygen atoms in total. The average Bonchev–Trinajstić information content (AvgIpc) is 2.76. The summed E-state index contributed by atoms with van der Waals surface area (Å²) in [6.45, 7) is 3.67. The molecular weight excluding hydrogens is 485 g/mol. The molecule has 0 aliphatic rings. The molecule has 10 heteroatoms. The molecule has 0 aromatic heterocycles. The predicted molar refractivity (Wildman–Crippen MR) is 133 cm³/mol. The van der Waals surface area contributed by atoms with Gasteiger partial charge in [-0.1, -0.05) is 60.8 Å². The smallest absolute Gasteiger partial charge is 0.244 e. The van der Waals surface area contributed by atoms with Gasteiger partial charge in [0.2, 0.25) is 21.8 Å². The Morgan fingerprint density at radius 1 is 1.09 bits per heavy atom. The van der Waals surface area contributed by atoms with Crippen LogP contribution in [0.25, 0.3) is 0 Å². The number of nitrogens with zero attached hydrogens (tertiary/aromatic N) is 2. The van der Waals surface area contributed by atoms with Crippen molar-refractivity contribution in [3.8, 4) is 0 Å². The lowest BCUT2D eigenvalue weighted by atomic mass is 10.1. The Kier molecular flexibility index (Phi) is 10.0. The fraction of sp³-hybridized carbons (Fsp3) is 0.391. The minimum atomic E-state index is -3.75. The third-order valence-electron chi connectivity index (χ3n) is 5.08. The molecule has 2 amide bonds. The SMILES string of the molecule is CCCCNC(=O)[C@H](C)N(Cc1ccc(Cl)cc1Cl)C(=O)CN(c1ccccc1)S(C)(=O)=O. The highest BCUT2D eigenvalue weighted by atomic mass is 35.5. The zero-order chi connectivity index (χ0) is 24.6. The number of anilines is 1. The monoisotopic (exact) mass is 513 g/mol. The molecule has 0 unspecified atom stereocenters. The fourth-order valence-corrected chi connectivity index (χ4v) is 4.48. The van der Waals surface area contributed by atoms with Crippen molar-refractivity contribution in [1.29, 1.82) is 0 Å². The summed E-state index contributed by atoms with van der Waals surface area (Å²) >= 11 is 12.3. The second-order valence-electron chi connectivity index (χ2n) is 7.68. The van der Waals surface area contributed by atoms with Crippen molar-refractivity contribution in [2.24, 2.45) is 0 Å². The summed E-state index contributed by atoms with van der Waals surface area (Å²) in [5.41, 5.74) is 0.950. The second-order valence-corrected chi connectivity index (χ2v) is 10.4. The number of amides is 2. The molecule has 0 saturated heterocycles. The van der Waals surface area contributed by atoms with Gasteiger partial charge in [-0.15, -0.1) is 0 Å². The molecule has 0 aliphatic carbocycles. The van der Waals surface area contributed by atoms with Gasteiger partial charge < -0.3 is 10.2 Å². The van der Waals surface area contributed by atoms with E-state index in [1.54, 1.807) is 55.5 Å². The van der Waals surface area contributed by atoms with Crippen molar-refractivity contribution in [3.05, 3.63) is 64.1 Å². The van der Waals surface area contributed by atoms with Crippen LogP contribution in [-0.2, 0) is 26.2 Å². The Morgan fingerprint density at radius 3 is 2.33 bits per heavy atom. The lowest BCUT2D eigenvalue weighted by Crippen LogP contribution is -2.51. The summed E-state index contributed by atoms with van der Waals surface area (Å²) in [5, 5.41) is 3.62. The van der Waals surface area contributed by atoms with Crippen LogP contribution in [0.2, 0.25) is 10.0 Å². The van der Waals surface area contributed by atoms with Crippen LogP contribution in [0.4, 0.5) is 5.69 Å². The van der Waals surface area contributed by atoms with Gasteiger partial charge in [0.1, 0.15) is 12.6 Å². The lowest BCUT2D eigenvalue weighted by molar-refractivity contribution is -0.139. The second kappa shape index (κ2) is 12.3. The Labute approximate surface area is 205 Å². The van der Waals surface area contributed by atoms with Gasteiger partial charge in [0.15, 0.2) is 0 Å². The fourth-order valence-electron chi connectivity index (χ4n) is 3.16. The van der Waals surface area contributed by atoms with Gasteiger partial charge in [-0.2, -0.15) is 0 Å². The Balaban J connectivity index is 2.35. The summed E-state index contributed by atoms with van der Waals surface area (Å²) in [4.78, 5) is 27.5. The van der Waals surface area contributed by atoms with Crippen molar-refractivity contribution in [1.82, 2.24) is 10.2 Å². The highest BCUT2D eigenvalue weighted by Crippen LogP contribution is 2.24. The Hall–Kier alpha value is -2.29. The van der Waals surface area contributed by atoms with E-state index >= 15 is 0 Å². The maximum Gasteiger partial charge on any atom is 0.244 e. The number of benzene rings is 2. The van der Waals surface area contributed by atoms with E-state index < -0.39 is 28.5 Å². The zero-order valence-corrected chi connectivity index (χ0v) is 21.3. The van der Waals surface area contributed by atoms with Crippen molar-refractivity contribution in [2.75, 3.05) is 23.7 Å². The van der Waals surface area contributed by atoms with Crippen molar-refractivity contribution in [2.45, 2.75) is 39.3 Å². The van der Waals surface area contributed by atoms with E-state index in [4.69, 9.17) is 23.2 Å². The van der Waals surface area contributed by atoms with E-state index in [1.807, 2.05) is 6.92 Å². The van der Waals surface area contributed by atoms with Crippen LogP contribution in [0.3, 0.4) is 0 Å². The first-order valence-corrected chi connectivity index (χ1v) is 13.2. The Bertz CT molecular complexity index is 1060. The van der Waals surface area contributed by atoms with Gasteiger partial charge in [-0.25, -0.2) is 8.42 Å². The van der Waals surface area contributed by atoms with Gasteiger partial charge in [0, 0.05) is 23.1 Å². The summed E-state index contributed by atoms with van der Waals surface area (Å²) in [7, 11) is -3.75. The van der Waals surface area contributed by atoms with Crippen LogP contribution < -0.4 is 9.62 Å². The summed E-state index contributed by atoms with van der Waals surface area (Å²) in [6.07, 6.45) is 2.76. The van der Waals surface area contributed by atoms with E-state index in [0.29, 0.717) is 27.8 Å². The van der Waals surface area contributed by atoms with Crippen LogP contribution in [0.1, 0.15) is 32.3 Å². The molecule has 2 aromatic carbocycles. The van der Waals surface area contributed by atoms with Gasteiger partial charge in [-0.3, -0.25) is 13.9 Å². The summed E-state index contributed by atoms with van der Waals surface area (Å²) in [6, 6.07) is 12.4. The standard InChI is InChI=1S/C23H29Cl2N3O4S/c1-4-5-13-26-23(30)17(2)27(15-18-11-12-19(24)14-21(18)25)22(29)16-28(33(3,31)32)20-9-7-6-8-10-20/h6-12,14,17H,4-5,13,15-16H2,1-3H3,(H,26,30)/t17-/m0/s1. The largest absolute Gasteiger partial charge is 0.354 e. The van der Waals surface area contributed by atoms with Crippen LogP contribution in [0.5, 0.6) is 0 Å². The van der Waals surface area contributed by atoms with Crippen LogP contribution in [0.15, 0.2) is 48.5 Å². The van der Waals surface area contributed by atoms with E-state index in [2.05, 4.69) is 5.32 Å². The molecule has 180 valence electrons. The molecule has 0 aliphatic heterocycles. The molecule has 33 heavy (non-hydrogen) atoms. The van der Waals surface area contributed by atoms with E-state index in [9.17, 15) is 18.0 Å². The number of carbonyl (C=O) groups is 2. The Morgan fingerprint density at radius 2 is 1.76 bits per heavy atom. The molecule has 1 atom stereocenters. The summed E-state index contributed by atoms with van der Waals surface area (Å²) < 4.78 is 25.9. The number of carbonyl (C=O) groups excluding carboxylic acids is 2.